The molecule has 2 unspecified atom stereocenters. The first-order valence-corrected chi connectivity index (χ1v) is 7.94. The number of nitrogens with zero attached hydrogens (tertiary/aromatic N) is 1. The molecule has 1 N–H and O–H groups in total. The van der Waals surface area contributed by atoms with Crippen LogP contribution in [0.4, 0.5) is 0 Å². The van der Waals surface area contributed by atoms with Crippen LogP contribution in [0.2, 0.25) is 0 Å². The highest BCUT2D eigenvalue weighted by molar-refractivity contribution is 4.93. The van der Waals surface area contributed by atoms with Gasteiger partial charge in [-0.3, -0.25) is 0 Å². The van der Waals surface area contributed by atoms with Crippen LogP contribution in [0.1, 0.15) is 59.8 Å². The Morgan fingerprint density at radius 3 is 2.56 bits per heavy atom. The zero-order valence-electron chi connectivity index (χ0n) is 13.3. The first-order chi connectivity index (χ1) is 8.55. The third kappa shape index (κ3) is 4.24. The van der Waals surface area contributed by atoms with Gasteiger partial charge in [0.15, 0.2) is 0 Å². The van der Waals surface area contributed by atoms with Crippen LogP contribution in [0.15, 0.2) is 0 Å². The van der Waals surface area contributed by atoms with Crippen LogP contribution in [0.5, 0.6) is 0 Å². The number of unbranched alkanes of at least 4 members (excludes halogenated alkanes) is 1. The van der Waals surface area contributed by atoms with E-state index in [0.29, 0.717) is 11.5 Å². The molecule has 108 valence electrons. The van der Waals surface area contributed by atoms with Crippen molar-refractivity contribution in [1.82, 2.24) is 10.2 Å². The zero-order valence-corrected chi connectivity index (χ0v) is 13.3. The topological polar surface area (TPSA) is 15.3 Å². The van der Waals surface area contributed by atoms with E-state index in [1.165, 1.54) is 51.7 Å². The number of nitrogens with one attached hydrogen (secondary N) is 1. The third-order valence-electron chi connectivity index (χ3n) is 4.79. The molecule has 0 spiro atoms. The van der Waals surface area contributed by atoms with Gasteiger partial charge in [0.05, 0.1) is 0 Å². The van der Waals surface area contributed by atoms with Crippen LogP contribution in [-0.2, 0) is 0 Å². The molecule has 1 rings (SSSR count). The van der Waals surface area contributed by atoms with Gasteiger partial charge in [0.25, 0.3) is 0 Å². The minimum atomic E-state index is 0.460. The molecule has 18 heavy (non-hydrogen) atoms. The van der Waals surface area contributed by atoms with E-state index in [0.717, 1.165) is 5.92 Å². The van der Waals surface area contributed by atoms with Gasteiger partial charge in [-0.25, -0.2) is 0 Å². The lowest BCUT2D eigenvalue weighted by molar-refractivity contribution is 0.0845. The van der Waals surface area contributed by atoms with Gasteiger partial charge in [0.1, 0.15) is 0 Å². The first-order valence-electron chi connectivity index (χ1n) is 7.94. The average molecular weight is 254 g/mol. The van der Waals surface area contributed by atoms with Crippen LogP contribution in [0, 0.1) is 11.3 Å². The Morgan fingerprint density at radius 2 is 2.00 bits per heavy atom. The third-order valence-corrected chi connectivity index (χ3v) is 4.79. The molecule has 1 saturated carbocycles. The first kappa shape index (κ1) is 16.0. The maximum Gasteiger partial charge on any atom is 0.0156 e. The van der Waals surface area contributed by atoms with Crippen molar-refractivity contribution in [2.24, 2.45) is 11.3 Å². The molecule has 0 aromatic heterocycles. The lowest BCUT2D eigenvalue weighted by atomic mass is 9.68. The van der Waals surface area contributed by atoms with Crippen molar-refractivity contribution in [1.29, 1.82) is 0 Å². The molecule has 2 nitrogen and oxygen atoms in total. The molecule has 0 bridgehead atoms. The summed E-state index contributed by atoms with van der Waals surface area (Å²) in [7, 11) is 2.15. The highest BCUT2D eigenvalue weighted by Crippen LogP contribution is 2.39. The van der Waals surface area contributed by atoms with Gasteiger partial charge >= 0.3 is 0 Å². The molecular weight excluding hydrogens is 220 g/mol. The van der Waals surface area contributed by atoms with E-state index in [4.69, 9.17) is 0 Å². The summed E-state index contributed by atoms with van der Waals surface area (Å²) in [4.78, 5) is 2.65. The van der Waals surface area contributed by atoms with E-state index in [1.54, 1.807) is 0 Å². The quantitative estimate of drug-likeness (QED) is 0.748. The maximum absolute atomic E-state index is 3.60. The van der Waals surface area contributed by atoms with Crippen molar-refractivity contribution in [3.05, 3.63) is 0 Å². The minimum Gasteiger partial charge on any atom is -0.316 e. The molecule has 2 atom stereocenters. The van der Waals surface area contributed by atoms with E-state index in [9.17, 15) is 0 Å². The average Bonchev–Trinajstić information content (AvgIpc) is 2.33. The Hall–Kier alpha value is -0.0800. The lowest BCUT2D eigenvalue weighted by Gasteiger charge is -2.45. The van der Waals surface area contributed by atoms with E-state index in [-0.39, 0.29) is 0 Å². The van der Waals surface area contributed by atoms with Crippen molar-refractivity contribution in [3.8, 4) is 0 Å². The van der Waals surface area contributed by atoms with Crippen molar-refractivity contribution in [2.75, 3.05) is 26.7 Å². The predicted molar refractivity (Wildman–Crippen MR) is 81.0 cm³/mol. The van der Waals surface area contributed by atoms with Crippen molar-refractivity contribution in [3.63, 3.8) is 0 Å². The number of rotatable bonds is 7. The standard InChI is InChI=1S/C16H34N2/c1-6-8-12-18(7-2)13-14-10-9-11-16(3,4)15(14)17-5/h14-15,17H,6-13H2,1-5H3. The fourth-order valence-corrected chi connectivity index (χ4v) is 3.70. The molecule has 1 aliphatic carbocycles. The molecule has 0 heterocycles. The monoisotopic (exact) mass is 254 g/mol. The molecule has 1 aliphatic rings. The number of hydrogen-bond acceptors (Lipinski definition) is 2. The largest absolute Gasteiger partial charge is 0.316 e. The van der Waals surface area contributed by atoms with Crippen LogP contribution in [0.25, 0.3) is 0 Å². The Balaban J connectivity index is 2.57. The highest BCUT2D eigenvalue weighted by atomic mass is 15.1. The predicted octanol–water partition coefficient (Wildman–Crippen LogP) is 3.52. The molecule has 0 aliphatic heterocycles. The molecular formula is C16H34N2. The summed E-state index contributed by atoms with van der Waals surface area (Å²) in [5.41, 5.74) is 0.460. The summed E-state index contributed by atoms with van der Waals surface area (Å²) in [6.07, 6.45) is 6.82. The maximum atomic E-state index is 3.60. The Morgan fingerprint density at radius 1 is 1.28 bits per heavy atom. The molecule has 0 aromatic rings. The second-order valence-electron chi connectivity index (χ2n) is 6.65. The van der Waals surface area contributed by atoms with E-state index in [2.05, 4.69) is 45.0 Å². The Kier molecular flexibility index (Phi) is 6.65. The highest BCUT2D eigenvalue weighted by Gasteiger charge is 2.38. The Labute approximate surface area is 115 Å². The van der Waals surface area contributed by atoms with E-state index in [1.807, 2.05) is 0 Å². The van der Waals surface area contributed by atoms with Crippen LogP contribution >= 0.6 is 0 Å². The van der Waals surface area contributed by atoms with Gasteiger partial charge in [0.2, 0.25) is 0 Å². The van der Waals surface area contributed by atoms with Crippen LogP contribution in [-0.4, -0.2) is 37.6 Å². The summed E-state index contributed by atoms with van der Waals surface area (Å²) < 4.78 is 0. The fourth-order valence-electron chi connectivity index (χ4n) is 3.70. The number of hydrogen-bond donors (Lipinski definition) is 1. The van der Waals surface area contributed by atoms with Crippen molar-refractivity contribution < 1.29 is 0 Å². The minimum absolute atomic E-state index is 0.460. The van der Waals surface area contributed by atoms with E-state index < -0.39 is 0 Å². The zero-order chi connectivity index (χ0) is 13.6. The van der Waals surface area contributed by atoms with Crippen LogP contribution < -0.4 is 5.32 Å². The van der Waals surface area contributed by atoms with Gasteiger partial charge in [-0.1, -0.05) is 40.5 Å². The second-order valence-corrected chi connectivity index (χ2v) is 6.65. The van der Waals surface area contributed by atoms with Gasteiger partial charge in [-0.2, -0.15) is 0 Å². The summed E-state index contributed by atoms with van der Waals surface area (Å²) >= 11 is 0. The lowest BCUT2D eigenvalue weighted by Crippen LogP contribution is -2.51. The molecule has 0 saturated heterocycles. The van der Waals surface area contributed by atoms with Gasteiger partial charge in [-0.05, 0) is 50.7 Å². The summed E-state index contributed by atoms with van der Waals surface area (Å²) in [6.45, 7) is 13.2. The summed E-state index contributed by atoms with van der Waals surface area (Å²) in [5, 5.41) is 3.60. The van der Waals surface area contributed by atoms with Crippen LogP contribution in [0.3, 0.4) is 0 Å². The smallest absolute Gasteiger partial charge is 0.0156 e. The molecule has 1 fully saturated rings. The van der Waals surface area contributed by atoms with Crippen molar-refractivity contribution >= 4 is 0 Å². The molecule has 0 amide bonds. The SMILES string of the molecule is CCCCN(CC)CC1CCCC(C)(C)C1NC. The molecule has 0 aromatic carbocycles. The van der Waals surface area contributed by atoms with Gasteiger partial charge < -0.3 is 10.2 Å². The fraction of sp³-hybridized carbons (Fsp3) is 1.00. The summed E-state index contributed by atoms with van der Waals surface area (Å²) in [6, 6.07) is 0.682. The van der Waals surface area contributed by atoms with Gasteiger partial charge in [-0.15, -0.1) is 0 Å². The molecule has 2 heteroatoms. The normalized spacial score (nSPS) is 27.7. The van der Waals surface area contributed by atoms with E-state index >= 15 is 0 Å². The Bertz CT molecular complexity index is 225. The van der Waals surface area contributed by atoms with Gasteiger partial charge in [0, 0.05) is 12.6 Å². The van der Waals surface area contributed by atoms with Crippen molar-refractivity contribution in [2.45, 2.75) is 65.8 Å². The summed E-state index contributed by atoms with van der Waals surface area (Å²) in [5.74, 6) is 0.829. The second kappa shape index (κ2) is 7.49. The molecule has 0 radical (unpaired) electrons.